The summed E-state index contributed by atoms with van der Waals surface area (Å²) < 4.78 is 1.02. The summed E-state index contributed by atoms with van der Waals surface area (Å²) in [7, 11) is 2.29. The quantitative estimate of drug-likeness (QED) is 0.308. The van der Waals surface area contributed by atoms with Crippen molar-refractivity contribution in [3.8, 4) is 0 Å². The number of hydrogen-bond acceptors (Lipinski definition) is 3. The van der Waals surface area contributed by atoms with Crippen LogP contribution in [0.1, 0.15) is 64.2 Å². The van der Waals surface area contributed by atoms with E-state index in [9.17, 15) is 0 Å². The first-order valence-corrected chi connectivity index (χ1v) is 11.4. The number of nitrogens with zero attached hydrogens (tertiary/aromatic N) is 4. The topological polar surface area (TPSA) is 9.72 Å². The van der Waals surface area contributed by atoms with E-state index in [1.54, 1.807) is 0 Å². The van der Waals surface area contributed by atoms with Gasteiger partial charge in [-0.15, -0.1) is 0 Å². The highest BCUT2D eigenvalue weighted by Crippen LogP contribution is 2.16. The summed E-state index contributed by atoms with van der Waals surface area (Å²) in [6.07, 6.45) is 18.2. The summed E-state index contributed by atoms with van der Waals surface area (Å²) >= 11 is 0. The molecule has 0 aromatic carbocycles. The average Bonchev–Trinajstić information content (AvgIpc) is 3.29. The Morgan fingerprint density at radius 1 is 0.741 bits per heavy atom. The SMILES string of the molecule is C=CN1CCN(CCCCCCCCCCCCN2CC[N+](C)(C=C)C2)C1. The first-order chi connectivity index (χ1) is 13.1. The second-order valence-corrected chi connectivity index (χ2v) is 8.93. The molecule has 2 saturated heterocycles. The minimum Gasteiger partial charge on any atom is -0.364 e. The van der Waals surface area contributed by atoms with Crippen LogP contribution < -0.4 is 0 Å². The van der Waals surface area contributed by atoms with Crippen LogP contribution in [0.2, 0.25) is 0 Å². The number of unbranched alkanes of at least 4 members (excludes halogenated alkanes) is 9. The van der Waals surface area contributed by atoms with Gasteiger partial charge in [-0.2, -0.15) is 0 Å². The predicted molar refractivity (Wildman–Crippen MR) is 117 cm³/mol. The Bertz CT molecular complexity index is 425. The van der Waals surface area contributed by atoms with Gasteiger partial charge in [-0.05, 0) is 32.2 Å². The zero-order chi connectivity index (χ0) is 19.4. The van der Waals surface area contributed by atoms with Crippen LogP contribution in [0, 0.1) is 0 Å². The summed E-state index contributed by atoms with van der Waals surface area (Å²) in [4.78, 5) is 7.47. The lowest BCUT2D eigenvalue weighted by Crippen LogP contribution is -2.37. The van der Waals surface area contributed by atoms with Gasteiger partial charge in [0, 0.05) is 19.6 Å². The lowest BCUT2D eigenvalue weighted by Gasteiger charge is -2.23. The maximum atomic E-state index is 3.97. The van der Waals surface area contributed by atoms with Crippen LogP contribution in [0.15, 0.2) is 25.6 Å². The maximum absolute atomic E-state index is 3.97. The molecule has 2 aliphatic heterocycles. The van der Waals surface area contributed by atoms with Gasteiger partial charge in [0.2, 0.25) is 0 Å². The fraction of sp³-hybridized carbons (Fsp3) is 0.826. The highest BCUT2D eigenvalue weighted by molar-refractivity contribution is 4.78. The molecular weight excluding hydrogens is 332 g/mol. The first kappa shape index (κ1) is 22.4. The maximum Gasteiger partial charge on any atom is 0.139 e. The van der Waals surface area contributed by atoms with Crippen molar-refractivity contribution in [3.05, 3.63) is 25.6 Å². The van der Waals surface area contributed by atoms with Crippen molar-refractivity contribution in [2.45, 2.75) is 64.2 Å². The van der Waals surface area contributed by atoms with Gasteiger partial charge in [-0.1, -0.05) is 57.9 Å². The molecule has 0 amide bonds. The smallest absolute Gasteiger partial charge is 0.139 e. The Morgan fingerprint density at radius 2 is 1.30 bits per heavy atom. The molecule has 27 heavy (non-hydrogen) atoms. The van der Waals surface area contributed by atoms with Crippen LogP contribution in [-0.4, -0.2) is 78.8 Å². The molecule has 1 unspecified atom stereocenters. The van der Waals surface area contributed by atoms with Crippen LogP contribution in [0.4, 0.5) is 0 Å². The van der Waals surface area contributed by atoms with E-state index in [1.807, 2.05) is 6.20 Å². The van der Waals surface area contributed by atoms with Crippen molar-refractivity contribution >= 4 is 0 Å². The van der Waals surface area contributed by atoms with E-state index < -0.39 is 0 Å². The van der Waals surface area contributed by atoms with Crippen LogP contribution in [0.5, 0.6) is 0 Å². The Morgan fingerprint density at radius 3 is 1.78 bits per heavy atom. The summed E-state index contributed by atoms with van der Waals surface area (Å²) in [5.74, 6) is 0. The van der Waals surface area contributed by atoms with Gasteiger partial charge in [-0.25, -0.2) is 0 Å². The summed E-state index contributed by atoms with van der Waals surface area (Å²) in [5, 5.41) is 0. The minimum atomic E-state index is 1.02. The van der Waals surface area contributed by atoms with Gasteiger partial charge >= 0.3 is 0 Å². The highest BCUT2D eigenvalue weighted by Gasteiger charge is 2.29. The first-order valence-electron chi connectivity index (χ1n) is 11.4. The van der Waals surface area contributed by atoms with Gasteiger partial charge in [-0.3, -0.25) is 14.3 Å². The molecule has 0 aromatic rings. The third-order valence-corrected chi connectivity index (χ3v) is 6.43. The predicted octanol–water partition coefficient (Wildman–Crippen LogP) is 4.47. The molecule has 4 nitrogen and oxygen atoms in total. The molecule has 0 bridgehead atoms. The van der Waals surface area contributed by atoms with Gasteiger partial charge in [0.15, 0.2) is 0 Å². The van der Waals surface area contributed by atoms with E-state index in [-0.39, 0.29) is 0 Å². The van der Waals surface area contributed by atoms with Gasteiger partial charge < -0.3 is 4.90 Å². The third kappa shape index (κ3) is 8.80. The van der Waals surface area contributed by atoms with Crippen molar-refractivity contribution in [3.63, 3.8) is 0 Å². The van der Waals surface area contributed by atoms with E-state index in [4.69, 9.17) is 0 Å². The Balaban J connectivity index is 1.30. The van der Waals surface area contributed by atoms with Crippen molar-refractivity contribution in [1.29, 1.82) is 0 Å². The fourth-order valence-corrected chi connectivity index (χ4v) is 4.38. The average molecular weight is 378 g/mol. The van der Waals surface area contributed by atoms with Gasteiger partial charge in [0.05, 0.1) is 33.0 Å². The summed E-state index contributed by atoms with van der Waals surface area (Å²) in [5.41, 5.74) is 0. The Kier molecular flexibility index (Phi) is 10.5. The fourth-order valence-electron chi connectivity index (χ4n) is 4.38. The standard InChI is InChI=1S/C23H45N4/c1-4-24-18-19-25(22-24)16-14-12-10-8-6-7-9-11-13-15-17-26-20-21-27(3,5-2)23-26/h4-5H,1-2,6-23H2,3H3/q+1. The molecule has 2 aliphatic rings. The number of hydrogen-bond donors (Lipinski definition) is 0. The molecule has 2 heterocycles. The van der Waals surface area contributed by atoms with E-state index in [1.165, 1.54) is 96.9 Å². The van der Waals surface area contributed by atoms with Gasteiger partial charge in [0.25, 0.3) is 0 Å². The van der Waals surface area contributed by atoms with E-state index >= 15 is 0 Å². The van der Waals surface area contributed by atoms with Crippen molar-refractivity contribution in [2.24, 2.45) is 0 Å². The molecule has 0 radical (unpaired) electrons. The molecule has 0 aromatic heterocycles. The highest BCUT2D eigenvalue weighted by atomic mass is 15.5. The lowest BCUT2D eigenvalue weighted by atomic mass is 10.1. The Labute approximate surface area is 169 Å². The van der Waals surface area contributed by atoms with Crippen LogP contribution >= 0.6 is 0 Å². The zero-order valence-corrected chi connectivity index (χ0v) is 18.1. The minimum absolute atomic E-state index is 1.02. The molecular formula is C23H45N4+. The van der Waals surface area contributed by atoms with Crippen LogP contribution in [0.25, 0.3) is 0 Å². The Hall–Kier alpha value is -0.840. The molecule has 156 valence electrons. The number of likely N-dealkylation sites (N-methyl/N-ethyl adjacent to an activating group) is 1. The van der Waals surface area contributed by atoms with E-state index in [0.717, 1.165) is 24.4 Å². The molecule has 4 heteroatoms. The monoisotopic (exact) mass is 377 g/mol. The van der Waals surface area contributed by atoms with Crippen molar-refractivity contribution in [1.82, 2.24) is 14.7 Å². The molecule has 0 aliphatic carbocycles. The van der Waals surface area contributed by atoms with Crippen LogP contribution in [-0.2, 0) is 0 Å². The molecule has 2 rings (SSSR count). The molecule has 0 spiro atoms. The molecule has 0 N–H and O–H groups in total. The van der Waals surface area contributed by atoms with E-state index in [0.29, 0.717) is 0 Å². The lowest BCUT2D eigenvalue weighted by molar-refractivity contribution is -0.850. The third-order valence-electron chi connectivity index (χ3n) is 6.43. The second-order valence-electron chi connectivity index (χ2n) is 8.93. The number of rotatable bonds is 15. The van der Waals surface area contributed by atoms with Gasteiger partial charge in [0.1, 0.15) is 6.67 Å². The number of quaternary nitrogens is 1. The summed E-state index contributed by atoms with van der Waals surface area (Å²) in [6, 6.07) is 0. The van der Waals surface area contributed by atoms with E-state index in [2.05, 4.69) is 41.1 Å². The zero-order valence-electron chi connectivity index (χ0n) is 18.1. The summed E-state index contributed by atoms with van der Waals surface area (Å²) in [6.45, 7) is 17.5. The van der Waals surface area contributed by atoms with Crippen molar-refractivity contribution in [2.75, 3.05) is 59.7 Å². The molecule has 0 saturated carbocycles. The molecule has 1 atom stereocenters. The van der Waals surface area contributed by atoms with Crippen LogP contribution in [0.3, 0.4) is 0 Å². The largest absolute Gasteiger partial charge is 0.364 e. The molecule has 2 fully saturated rings. The normalized spacial score (nSPS) is 24.0. The van der Waals surface area contributed by atoms with Crippen molar-refractivity contribution < 1.29 is 4.48 Å². The second kappa shape index (κ2) is 12.6.